The Morgan fingerprint density at radius 1 is 1.22 bits per heavy atom. The van der Waals surface area contributed by atoms with E-state index in [1.54, 1.807) is 19.1 Å². The Labute approximate surface area is 184 Å². The maximum absolute atomic E-state index is 13.1. The fourth-order valence-corrected chi connectivity index (χ4v) is 3.15. The molecule has 1 fully saturated rings. The Balaban J connectivity index is 2.05. The molecule has 0 bridgehead atoms. The average molecular weight is 446 g/mol. The van der Waals surface area contributed by atoms with E-state index < -0.39 is 29.7 Å². The SMILES string of the molecule is CC(=O)NCCCNC(=O)COc1cccc(C)c1C(=O)N(C=O)C1CCC(=O)NC1=O. The number of carbonyl (C=O) groups is 6. The molecule has 1 heterocycles. The van der Waals surface area contributed by atoms with Gasteiger partial charge in [0.15, 0.2) is 6.61 Å². The van der Waals surface area contributed by atoms with Crippen molar-refractivity contribution in [3.8, 4) is 5.75 Å². The number of rotatable bonds is 10. The molecule has 11 heteroatoms. The third-order valence-electron chi connectivity index (χ3n) is 4.75. The Morgan fingerprint density at radius 3 is 2.59 bits per heavy atom. The summed E-state index contributed by atoms with van der Waals surface area (Å²) < 4.78 is 5.52. The van der Waals surface area contributed by atoms with E-state index in [1.807, 2.05) is 0 Å². The minimum atomic E-state index is -1.11. The number of piperidine rings is 1. The molecule has 1 saturated heterocycles. The Hall–Kier alpha value is -3.76. The quantitative estimate of drug-likeness (QED) is 0.247. The Bertz CT molecular complexity index is 915. The maximum Gasteiger partial charge on any atom is 0.265 e. The van der Waals surface area contributed by atoms with E-state index in [9.17, 15) is 28.8 Å². The monoisotopic (exact) mass is 446 g/mol. The number of carbonyl (C=O) groups excluding carboxylic acids is 6. The molecule has 11 nitrogen and oxygen atoms in total. The number of ether oxygens (including phenoxy) is 1. The molecule has 32 heavy (non-hydrogen) atoms. The van der Waals surface area contributed by atoms with Crippen molar-refractivity contribution in [3.63, 3.8) is 0 Å². The van der Waals surface area contributed by atoms with Crippen molar-refractivity contribution in [1.82, 2.24) is 20.9 Å². The number of nitrogens with one attached hydrogen (secondary N) is 3. The van der Waals surface area contributed by atoms with Crippen LogP contribution in [0, 0.1) is 6.92 Å². The van der Waals surface area contributed by atoms with E-state index >= 15 is 0 Å². The summed E-state index contributed by atoms with van der Waals surface area (Å²) in [4.78, 5) is 71.8. The van der Waals surface area contributed by atoms with Gasteiger partial charge in [0.1, 0.15) is 11.8 Å². The van der Waals surface area contributed by atoms with Gasteiger partial charge in [0.05, 0.1) is 5.56 Å². The Morgan fingerprint density at radius 2 is 1.94 bits per heavy atom. The summed E-state index contributed by atoms with van der Waals surface area (Å²) in [6, 6.07) is 3.63. The van der Waals surface area contributed by atoms with E-state index in [2.05, 4.69) is 16.0 Å². The summed E-state index contributed by atoms with van der Waals surface area (Å²) in [6.07, 6.45) is 0.825. The molecule has 6 amide bonds. The molecule has 1 aliphatic heterocycles. The fraction of sp³-hybridized carbons (Fsp3) is 0.429. The van der Waals surface area contributed by atoms with Gasteiger partial charge in [-0.25, -0.2) is 0 Å². The molecule has 0 saturated carbocycles. The van der Waals surface area contributed by atoms with Crippen molar-refractivity contribution >= 4 is 35.9 Å². The number of nitrogens with zero attached hydrogens (tertiary/aromatic N) is 1. The fourth-order valence-electron chi connectivity index (χ4n) is 3.15. The van der Waals surface area contributed by atoms with Crippen LogP contribution in [0.25, 0.3) is 0 Å². The number of hydrogen-bond donors (Lipinski definition) is 3. The number of amides is 6. The van der Waals surface area contributed by atoms with Crippen LogP contribution in [0.2, 0.25) is 0 Å². The van der Waals surface area contributed by atoms with Gasteiger partial charge < -0.3 is 15.4 Å². The molecule has 1 unspecified atom stereocenters. The van der Waals surface area contributed by atoms with Crippen molar-refractivity contribution in [1.29, 1.82) is 0 Å². The highest BCUT2D eigenvalue weighted by molar-refractivity contribution is 6.08. The van der Waals surface area contributed by atoms with Crippen LogP contribution in [0.4, 0.5) is 0 Å². The predicted octanol–water partition coefficient (Wildman–Crippen LogP) is -0.580. The molecular formula is C21H26N4O7. The minimum Gasteiger partial charge on any atom is -0.483 e. The number of aryl methyl sites for hydroxylation is 1. The molecule has 3 N–H and O–H groups in total. The van der Waals surface area contributed by atoms with Crippen LogP contribution in [-0.2, 0) is 24.0 Å². The second kappa shape index (κ2) is 11.6. The van der Waals surface area contributed by atoms with E-state index in [1.165, 1.54) is 13.0 Å². The molecule has 0 radical (unpaired) electrons. The van der Waals surface area contributed by atoms with Gasteiger partial charge >= 0.3 is 0 Å². The summed E-state index contributed by atoms with van der Waals surface area (Å²) in [5.41, 5.74) is 0.533. The first-order valence-corrected chi connectivity index (χ1v) is 10.1. The molecule has 1 aliphatic rings. The second-order valence-electron chi connectivity index (χ2n) is 7.21. The Kier molecular flexibility index (Phi) is 8.87. The van der Waals surface area contributed by atoms with Crippen molar-refractivity contribution < 1.29 is 33.5 Å². The van der Waals surface area contributed by atoms with Crippen LogP contribution in [0.3, 0.4) is 0 Å². The van der Waals surface area contributed by atoms with Crippen LogP contribution in [0.15, 0.2) is 18.2 Å². The van der Waals surface area contributed by atoms with Crippen LogP contribution in [0.1, 0.15) is 42.1 Å². The summed E-state index contributed by atoms with van der Waals surface area (Å²) in [5.74, 6) is -2.45. The first-order chi connectivity index (χ1) is 15.2. The van der Waals surface area contributed by atoms with E-state index in [0.29, 0.717) is 25.1 Å². The lowest BCUT2D eigenvalue weighted by molar-refractivity contribution is -0.139. The molecule has 0 spiro atoms. The first-order valence-electron chi connectivity index (χ1n) is 10.1. The van der Waals surface area contributed by atoms with Gasteiger partial charge in [-0.2, -0.15) is 0 Å². The largest absolute Gasteiger partial charge is 0.483 e. The van der Waals surface area contributed by atoms with Crippen molar-refractivity contribution in [2.45, 2.75) is 39.2 Å². The van der Waals surface area contributed by atoms with Crippen LogP contribution in [0.5, 0.6) is 5.75 Å². The molecular weight excluding hydrogens is 420 g/mol. The van der Waals surface area contributed by atoms with Gasteiger partial charge in [0.25, 0.3) is 11.8 Å². The van der Waals surface area contributed by atoms with E-state index in [4.69, 9.17) is 4.74 Å². The zero-order chi connectivity index (χ0) is 23.7. The van der Waals surface area contributed by atoms with Crippen molar-refractivity contribution in [3.05, 3.63) is 29.3 Å². The topological polar surface area (TPSA) is 151 Å². The highest BCUT2D eigenvalue weighted by Gasteiger charge is 2.36. The van der Waals surface area contributed by atoms with E-state index in [-0.39, 0.29) is 43.1 Å². The lowest BCUT2D eigenvalue weighted by Gasteiger charge is -2.29. The maximum atomic E-state index is 13.1. The summed E-state index contributed by atoms with van der Waals surface area (Å²) in [6.45, 7) is 3.42. The van der Waals surface area contributed by atoms with Crippen molar-refractivity contribution in [2.24, 2.45) is 0 Å². The standard InChI is InChI=1S/C21H26N4O7/c1-13-5-3-6-16(32-11-18(29)23-10-4-9-22-14(2)27)19(13)21(31)25(12-26)15-7-8-17(28)24-20(15)30/h3,5-6,12,15H,4,7-11H2,1-2H3,(H,22,27)(H,23,29)(H,24,28,30). The van der Waals surface area contributed by atoms with Gasteiger partial charge in [-0.05, 0) is 31.4 Å². The summed E-state index contributed by atoms with van der Waals surface area (Å²) >= 11 is 0. The predicted molar refractivity (Wildman–Crippen MR) is 111 cm³/mol. The molecule has 0 aromatic heterocycles. The van der Waals surface area contributed by atoms with Crippen LogP contribution >= 0.6 is 0 Å². The van der Waals surface area contributed by atoms with Crippen LogP contribution in [-0.4, -0.2) is 66.6 Å². The minimum absolute atomic E-state index is 0.00721. The zero-order valence-corrected chi connectivity index (χ0v) is 17.9. The highest BCUT2D eigenvalue weighted by atomic mass is 16.5. The molecule has 1 atom stereocenters. The third-order valence-corrected chi connectivity index (χ3v) is 4.75. The van der Waals surface area contributed by atoms with E-state index in [0.717, 1.165) is 4.90 Å². The lowest BCUT2D eigenvalue weighted by atomic mass is 10.0. The molecule has 2 rings (SSSR count). The summed E-state index contributed by atoms with van der Waals surface area (Å²) in [5, 5.41) is 7.36. The van der Waals surface area contributed by atoms with Gasteiger partial charge in [0.2, 0.25) is 24.1 Å². The third kappa shape index (κ3) is 6.62. The molecule has 172 valence electrons. The number of hydrogen-bond acceptors (Lipinski definition) is 7. The second-order valence-corrected chi connectivity index (χ2v) is 7.21. The van der Waals surface area contributed by atoms with Gasteiger partial charge in [-0.1, -0.05) is 12.1 Å². The highest BCUT2D eigenvalue weighted by Crippen LogP contribution is 2.25. The lowest BCUT2D eigenvalue weighted by Crippen LogP contribution is -2.54. The van der Waals surface area contributed by atoms with Gasteiger partial charge in [-0.3, -0.25) is 39.0 Å². The first kappa shape index (κ1) is 24.5. The van der Waals surface area contributed by atoms with Crippen LogP contribution < -0.4 is 20.7 Å². The van der Waals surface area contributed by atoms with Gasteiger partial charge in [0, 0.05) is 26.4 Å². The smallest absolute Gasteiger partial charge is 0.265 e. The molecule has 1 aromatic rings. The average Bonchev–Trinajstić information content (AvgIpc) is 2.73. The zero-order valence-electron chi connectivity index (χ0n) is 17.9. The number of benzene rings is 1. The molecule has 0 aliphatic carbocycles. The van der Waals surface area contributed by atoms with Crippen molar-refractivity contribution in [2.75, 3.05) is 19.7 Å². The number of imide groups is 2. The normalized spacial score (nSPS) is 15.4. The molecule has 1 aromatic carbocycles. The van der Waals surface area contributed by atoms with Gasteiger partial charge in [-0.15, -0.1) is 0 Å². The summed E-state index contributed by atoms with van der Waals surface area (Å²) in [7, 11) is 0.